The molecular formula is C20H23N5OS. The second-order valence-corrected chi connectivity index (χ2v) is 8.79. The van der Waals surface area contributed by atoms with Crippen LogP contribution < -0.4 is 0 Å². The Morgan fingerprint density at radius 2 is 2.11 bits per heavy atom. The second-order valence-electron chi connectivity index (χ2n) is 7.67. The van der Waals surface area contributed by atoms with Gasteiger partial charge in [0.1, 0.15) is 5.82 Å². The van der Waals surface area contributed by atoms with Gasteiger partial charge >= 0.3 is 0 Å². The molecule has 5 rings (SSSR count). The molecule has 0 radical (unpaired) electrons. The zero-order valence-corrected chi connectivity index (χ0v) is 16.3. The predicted octanol–water partition coefficient (Wildman–Crippen LogP) is 3.69. The van der Waals surface area contributed by atoms with Crippen molar-refractivity contribution in [3.63, 3.8) is 0 Å². The van der Waals surface area contributed by atoms with E-state index in [0.717, 1.165) is 41.6 Å². The molecular weight excluding hydrogens is 358 g/mol. The van der Waals surface area contributed by atoms with Gasteiger partial charge in [-0.05, 0) is 44.7 Å². The van der Waals surface area contributed by atoms with Gasteiger partial charge in [-0.2, -0.15) is 0 Å². The van der Waals surface area contributed by atoms with Crippen LogP contribution >= 0.6 is 11.3 Å². The molecule has 3 heterocycles. The first-order valence-corrected chi connectivity index (χ1v) is 10.6. The molecule has 1 aromatic carbocycles. The third-order valence-electron chi connectivity index (χ3n) is 5.47. The standard InChI is InChI=1S/C20H23N5OS/c1-13-11-24(12-17-22-23-20(25(13)17)14-9-10-14)19(26)8-4-7-18-21-15-5-2-3-6-16(15)27-18/h2-3,5-6,13-14H,4,7-12H2,1H3/t13-/m0/s1. The minimum absolute atomic E-state index is 0.213. The van der Waals surface area contributed by atoms with Crippen LogP contribution in [0.4, 0.5) is 0 Å². The van der Waals surface area contributed by atoms with E-state index in [4.69, 9.17) is 0 Å². The van der Waals surface area contributed by atoms with Gasteiger partial charge in [-0.3, -0.25) is 4.79 Å². The molecule has 2 aromatic heterocycles. The molecule has 0 spiro atoms. The van der Waals surface area contributed by atoms with Crippen molar-refractivity contribution >= 4 is 27.5 Å². The van der Waals surface area contributed by atoms with Gasteiger partial charge in [-0.15, -0.1) is 21.5 Å². The van der Waals surface area contributed by atoms with Crippen molar-refractivity contribution in [2.24, 2.45) is 0 Å². The molecule has 0 saturated heterocycles. The largest absolute Gasteiger partial charge is 0.333 e. The zero-order chi connectivity index (χ0) is 18.4. The summed E-state index contributed by atoms with van der Waals surface area (Å²) in [7, 11) is 0. The Hall–Kier alpha value is -2.28. The van der Waals surface area contributed by atoms with Crippen molar-refractivity contribution in [1.29, 1.82) is 0 Å². The Balaban J connectivity index is 1.20. The van der Waals surface area contributed by atoms with E-state index in [2.05, 4.69) is 32.7 Å². The Morgan fingerprint density at radius 3 is 2.93 bits per heavy atom. The zero-order valence-electron chi connectivity index (χ0n) is 15.5. The van der Waals surface area contributed by atoms with Crippen molar-refractivity contribution in [2.75, 3.05) is 6.54 Å². The van der Waals surface area contributed by atoms with Crippen molar-refractivity contribution in [3.05, 3.63) is 40.9 Å². The minimum Gasteiger partial charge on any atom is -0.333 e. The lowest BCUT2D eigenvalue weighted by molar-refractivity contribution is -0.133. The topological polar surface area (TPSA) is 63.9 Å². The quantitative estimate of drug-likeness (QED) is 0.676. The highest BCUT2D eigenvalue weighted by molar-refractivity contribution is 7.18. The van der Waals surface area contributed by atoms with Gasteiger partial charge in [0.2, 0.25) is 5.91 Å². The average molecular weight is 382 g/mol. The predicted molar refractivity (Wildman–Crippen MR) is 105 cm³/mol. The number of hydrogen-bond acceptors (Lipinski definition) is 5. The number of nitrogens with zero attached hydrogens (tertiary/aromatic N) is 5. The minimum atomic E-state index is 0.213. The average Bonchev–Trinajstić information content (AvgIpc) is 3.27. The molecule has 0 bridgehead atoms. The van der Waals surface area contributed by atoms with Crippen LogP contribution in [0.1, 0.15) is 61.2 Å². The maximum absolute atomic E-state index is 12.7. The summed E-state index contributed by atoms with van der Waals surface area (Å²) >= 11 is 1.73. The lowest BCUT2D eigenvalue weighted by Crippen LogP contribution is -2.40. The molecule has 1 atom stereocenters. The molecule has 1 aliphatic carbocycles. The number of aryl methyl sites for hydroxylation is 1. The maximum atomic E-state index is 12.7. The van der Waals surface area contributed by atoms with Crippen LogP contribution in [0.15, 0.2) is 24.3 Å². The van der Waals surface area contributed by atoms with Gasteiger partial charge in [-0.1, -0.05) is 12.1 Å². The van der Waals surface area contributed by atoms with Gasteiger partial charge in [0.25, 0.3) is 0 Å². The van der Waals surface area contributed by atoms with Crippen molar-refractivity contribution in [2.45, 2.75) is 57.5 Å². The Kier molecular flexibility index (Phi) is 4.19. The summed E-state index contributed by atoms with van der Waals surface area (Å²) in [6, 6.07) is 8.45. The molecule has 1 amide bonds. The monoisotopic (exact) mass is 381 g/mol. The number of aromatic nitrogens is 4. The lowest BCUT2D eigenvalue weighted by atomic mass is 10.1. The maximum Gasteiger partial charge on any atom is 0.223 e. The highest BCUT2D eigenvalue weighted by Gasteiger charge is 2.35. The van der Waals surface area contributed by atoms with Gasteiger partial charge < -0.3 is 9.47 Å². The fourth-order valence-corrected chi connectivity index (χ4v) is 4.96. The summed E-state index contributed by atoms with van der Waals surface area (Å²) in [5.41, 5.74) is 1.06. The molecule has 7 heteroatoms. The second kappa shape index (κ2) is 6.71. The number of amides is 1. The Bertz CT molecular complexity index is 956. The number of carbonyl (C=O) groups excluding carboxylic acids is 1. The van der Waals surface area contributed by atoms with Crippen LogP contribution in [-0.4, -0.2) is 37.1 Å². The van der Waals surface area contributed by atoms with Crippen LogP contribution in [0, 0.1) is 0 Å². The number of carbonyl (C=O) groups is 1. The molecule has 0 N–H and O–H groups in total. The van der Waals surface area contributed by atoms with Crippen LogP contribution in [0.25, 0.3) is 10.2 Å². The molecule has 140 valence electrons. The van der Waals surface area contributed by atoms with E-state index in [9.17, 15) is 4.79 Å². The normalized spacial score (nSPS) is 19.4. The smallest absolute Gasteiger partial charge is 0.223 e. The molecule has 1 aliphatic heterocycles. The number of para-hydroxylation sites is 1. The third-order valence-corrected chi connectivity index (χ3v) is 6.56. The number of rotatable bonds is 5. The third kappa shape index (κ3) is 3.25. The first-order chi connectivity index (χ1) is 13.2. The highest BCUT2D eigenvalue weighted by Crippen LogP contribution is 2.41. The summed E-state index contributed by atoms with van der Waals surface area (Å²) < 4.78 is 3.48. The fourth-order valence-electron chi connectivity index (χ4n) is 3.95. The van der Waals surface area contributed by atoms with E-state index in [-0.39, 0.29) is 11.9 Å². The number of thiazole rings is 1. The first-order valence-electron chi connectivity index (χ1n) is 9.75. The van der Waals surface area contributed by atoms with Gasteiger partial charge in [0.05, 0.1) is 27.8 Å². The lowest BCUT2D eigenvalue weighted by Gasteiger charge is -2.32. The van der Waals surface area contributed by atoms with E-state index in [1.807, 2.05) is 23.1 Å². The van der Waals surface area contributed by atoms with Crippen LogP contribution in [-0.2, 0) is 17.8 Å². The van der Waals surface area contributed by atoms with Gasteiger partial charge in [-0.25, -0.2) is 4.98 Å². The molecule has 27 heavy (non-hydrogen) atoms. The molecule has 3 aromatic rings. The van der Waals surface area contributed by atoms with E-state index in [1.165, 1.54) is 17.5 Å². The van der Waals surface area contributed by atoms with Crippen molar-refractivity contribution in [3.8, 4) is 0 Å². The number of hydrogen-bond donors (Lipinski definition) is 0. The Morgan fingerprint density at radius 1 is 1.26 bits per heavy atom. The van der Waals surface area contributed by atoms with Crippen LogP contribution in [0.2, 0.25) is 0 Å². The fraction of sp³-hybridized carbons (Fsp3) is 0.500. The summed E-state index contributed by atoms with van der Waals surface area (Å²) in [5.74, 6) is 2.87. The molecule has 0 unspecified atom stereocenters. The number of fused-ring (bicyclic) bond motifs is 2. The highest BCUT2D eigenvalue weighted by atomic mass is 32.1. The van der Waals surface area contributed by atoms with Crippen LogP contribution in [0.5, 0.6) is 0 Å². The van der Waals surface area contributed by atoms with E-state index >= 15 is 0 Å². The molecule has 6 nitrogen and oxygen atoms in total. The summed E-state index contributed by atoms with van der Waals surface area (Å²) in [6.07, 6.45) is 4.70. The van der Waals surface area contributed by atoms with Gasteiger partial charge in [0.15, 0.2) is 5.82 Å². The van der Waals surface area contributed by atoms with Crippen LogP contribution in [0.3, 0.4) is 0 Å². The Labute approximate surface area is 162 Å². The molecule has 2 aliphatic rings. The number of benzene rings is 1. The summed E-state index contributed by atoms with van der Waals surface area (Å²) in [6.45, 7) is 3.51. The van der Waals surface area contributed by atoms with E-state index in [0.29, 0.717) is 18.9 Å². The van der Waals surface area contributed by atoms with E-state index < -0.39 is 0 Å². The summed E-state index contributed by atoms with van der Waals surface area (Å²) in [5, 5.41) is 9.87. The molecule has 1 fully saturated rings. The first kappa shape index (κ1) is 16.9. The SMILES string of the molecule is C[C@H]1CN(C(=O)CCCc2nc3ccccc3s2)Cc2nnc(C3CC3)n21. The molecule has 1 saturated carbocycles. The van der Waals surface area contributed by atoms with Gasteiger partial charge in [0, 0.05) is 18.9 Å². The van der Waals surface area contributed by atoms with E-state index in [1.54, 1.807) is 11.3 Å². The van der Waals surface area contributed by atoms with Crippen molar-refractivity contribution < 1.29 is 4.79 Å². The van der Waals surface area contributed by atoms with Crippen molar-refractivity contribution in [1.82, 2.24) is 24.6 Å². The summed E-state index contributed by atoms with van der Waals surface area (Å²) in [4.78, 5) is 19.3.